The van der Waals surface area contributed by atoms with Gasteiger partial charge in [-0.05, 0) is 59.8 Å². The van der Waals surface area contributed by atoms with Crippen LogP contribution in [0.15, 0.2) is 16.6 Å². The zero-order valence-electron chi connectivity index (χ0n) is 10.1. The molecule has 1 atom stereocenters. The Balaban J connectivity index is 2.08. The summed E-state index contributed by atoms with van der Waals surface area (Å²) in [7, 11) is 0. The number of aryl methyl sites for hydroxylation is 1. The van der Waals surface area contributed by atoms with Crippen LogP contribution >= 0.6 is 15.9 Å². The highest BCUT2D eigenvalue weighted by Gasteiger charge is 2.22. The van der Waals surface area contributed by atoms with Crippen LogP contribution in [0.2, 0.25) is 0 Å². The van der Waals surface area contributed by atoms with Crippen molar-refractivity contribution in [3.8, 4) is 0 Å². The van der Waals surface area contributed by atoms with Crippen molar-refractivity contribution >= 4 is 27.5 Å². The maximum absolute atomic E-state index is 13.4. The summed E-state index contributed by atoms with van der Waals surface area (Å²) in [4.78, 5) is 11.9. The lowest BCUT2D eigenvalue weighted by Crippen LogP contribution is -2.33. The normalized spacial score (nSPS) is 19.6. The number of anilines is 1. The summed E-state index contributed by atoms with van der Waals surface area (Å²) in [5, 5.41) is 2.72. The number of benzene rings is 1. The summed E-state index contributed by atoms with van der Waals surface area (Å²) in [6.07, 6.45) is 2.30. The van der Waals surface area contributed by atoms with Gasteiger partial charge in [-0.25, -0.2) is 4.39 Å². The molecule has 1 amide bonds. The molecule has 1 unspecified atom stereocenters. The fraction of sp³-hybridized carbons (Fsp3) is 0.462. The van der Waals surface area contributed by atoms with E-state index in [1.807, 2.05) is 6.92 Å². The average Bonchev–Trinajstić information content (AvgIpc) is 2.37. The first-order valence-electron chi connectivity index (χ1n) is 5.96. The Bertz CT molecular complexity index is 459. The van der Waals surface area contributed by atoms with E-state index in [9.17, 15) is 9.18 Å². The van der Waals surface area contributed by atoms with Crippen molar-refractivity contribution in [3.05, 3.63) is 28.0 Å². The number of hydrogen-bond acceptors (Lipinski definition) is 2. The number of carbonyl (C=O) groups excluding carboxylic acids is 1. The molecule has 1 saturated heterocycles. The second-order valence-electron chi connectivity index (χ2n) is 4.43. The van der Waals surface area contributed by atoms with Crippen LogP contribution in [0.1, 0.15) is 24.8 Å². The number of rotatable bonds is 2. The van der Waals surface area contributed by atoms with Gasteiger partial charge in [0.1, 0.15) is 11.9 Å². The topological polar surface area (TPSA) is 38.3 Å². The van der Waals surface area contributed by atoms with Gasteiger partial charge < -0.3 is 10.1 Å². The minimum atomic E-state index is -0.412. The standard InChI is InChI=1S/C13H15BrFNO2/c1-8-6-9(14)10(15)7-11(8)16-13(17)12-4-2-3-5-18-12/h6-7,12H,2-5H2,1H3,(H,16,17). The summed E-state index contributed by atoms with van der Waals surface area (Å²) in [5.41, 5.74) is 1.31. The van der Waals surface area contributed by atoms with Crippen molar-refractivity contribution < 1.29 is 13.9 Å². The summed E-state index contributed by atoms with van der Waals surface area (Å²) in [6.45, 7) is 2.44. The summed E-state index contributed by atoms with van der Waals surface area (Å²) >= 11 is 3.11. The maximum Gasteiger partial charge on any atom is 0.253 e. The molecule has 1 aliphatic heterocycles. The monoisotopic (exact) mass is 315 g/mol. The molecule has 5 heteroatoms. The van der Waals surface area contributed by atoms with E-state index in [1.54, 1.807) is 6.07 Å². The molecule has 98 valence electrons. The Kier molecular flexibility index (Phi) is 4.35. The van der Waals surface area contributed by atoms with Gasteiger partial charge >= 0.3 is 0 Å². The quantitative estimate of drug-likeness (QED) is 0.908. The Hall–Kier alpha value is -0.940. The highest BCUT2D eigenvalue weighted by atomic mass is 79.9. The van der Waals surface area contributed by atoms with Crippen molar-refractivity contribution in [3.63, 3.8) is 0 Å². The van der Waals surface area contributed by atoms with Crippen molar-refractivity contribution in [2.45, 2.75) is 32.3 Å². The molecule has 3 nitrogen and oxygen atoms in total. The molecule has 1 fully saturated rings. The zero-order chi connectivity index (χ0) is 13.1. The third-order valence-electron chi connectivity index (χ3n) is 3.00. The molecule has 1 aromatic rings. The number of carbonyl (C=O) groups is 1. The number of halogens is 2. The summed E-state index contributed by atoms with van der Waals surface area (Å²) in [5.74, 6) is -0.583. The van der Waals surface area contributed by atoms with Crippen LogP contribution in [-0.4, -0.2) is 18.6 Å². The molecule has 1 aromatic carbocycles. The van der Waals surface area contributed by atoms with E-state index >= 15 is 0 Å². The van der Waals surface area contributed by atoms with Crippen molar-refractivity contribution in [1.82, 2.24) is 0 Å². The molecule has 0 radical (unpaired) electrons. The van der Waals surface area contributed by atoms with E-state index in [2.05, 4.69) is 21.2 Å². The SMILES string of the molecule is Cc1cc(Br)c(F)cc1NC(=O)C1CCCCO1. The second kappa shape index (κ2) is 5.80. The molecule has 2 rings (SSSR count). The lowest BCUT2D eigenvalue weighted by atomic mass is 10.1. The van der Waals surface area contributed by atoms with Crippen LogP contribution in [0.25, 0.3) is 0 Å². The van der Waals surface area contributed by atoms with Crippen molar-refractivity contribution in [2.24, 2.45) is 0 Å². The van der Waals surface area contributed by atoms with E-state index in [0.29, 0.717) is 16.8 Å². The Morgan fingerprint density at radius 1 is 1.50 bits per heavy atom. The predicted octanol–water partition coefficient (Wildman–Crippen LogP) is 3.40. The molecular weight excluding hydrogens is 301 g/mol. The van der Waals surface area contributed by atoms with Crippen LogP contribution < -0.4 is 5.32 Å². The smallest absolute Gasteiger partial charge is 0.253 e. The van der Waals surface area contributed by atoms with E-state index < -0.39 is 6.10 Å². The molecule has 0 spiro atoms. The van der Waals surface area contributed by atoms with E-state index in [0.717, 1.165) is 24.8 Å². The minimum Gasteiger partial charge on any atom is -0.368 e. The van der Waals surface area contributed by atoms with Crippen LogP contribution in [-0.2, 0) is 9.53 Å². The van der Waals surface area contributed by atoms with Gasteiger partial charge in [0.05, 0.1) is 4.47 Å². The molecule has 0 aliphatic carbocycles. The Morgan fingerprint density at radius 3 is 2.94 bits per heavy atom. The maximum atomic E-state index is 13.4. The van der Waals surface area contributed by atoms with Gasteiger partial charge in [0, 0.05) is 12.3 Å². The molecule has 1 heterocycles. The first-order valence-corrected chi connectivity index (χ1v) is 6.75. The molecule has 0 bridgehead atoms. The van der Waals surface area contributed by atoms with Crippen molar-refractivity contribution in [1.29, 1.82) is 0 Å². The minimum absolute atomic E-state index is 0.195. The molecule has 1 aliphatic rings. The van der Waals surface area contributed by atoms with Gasteiger partial charge in [0.15, 0.2) is 0 Å². The van der Waals surface area contributed by atoms with Gasteiger partial charge in [0.25, 0.3) is 5.91 Å². The molecule has 0 aromatic heterocycles. The number of nitrogens with one attached hydrogen (secondary N) is 1. The zero-order valence-corrected chi connectivity index (χ0v) is 11.7. The first-order chi connectivity index (χ1) is 8.58. The van der Waals surface area contributed by atoms with Gasteiger partial charge in [-0.2, -0.15) is 0 Å². The van der Waals surface area contributed by atoms with Crippen molar-refractivity contribution in [2.75, 3.05) is 11.9 Å². The van der Waals surface area contributed by atoms with Crippen LogP contribution in [0, 0.1) is 12.7 Å². The third-order valence-corrected chi connectivity index (χ3v) is 3.60. The first kappa shape index (κ1) is 13.5. The fourth-order valence-corrected chi connectivity index (χ4v) is 2.40. The lowest BCUT2D eigenvalue weighted by molar-refractivity contribution is -0.129. The highest BCUT2D eigenvalue weighted by Crippen LogP contribution is 2.24. The molecule has 18 heavy (non-hydrogen) atoms. The van der Waals surface area contributed by atoms with Crippen LogP contribution in [0.4, 0.5) is 10.1 Å². The molecular formula is C13H15BrFNO2. The average molecular weight is 316 g/mol. The molecule has 0 saturated carbocycles. The van der Waals surface area contributed by atoms with Crippen LogP contribution in [0.5, 0.6) is 0 Å². The van der Waals surface area contributed by atoms with Gasteiger partial charge in [-0.15, -0.1) is 0 Å². The van der Waals surface area contributed by atoms with E-state index in [-0.39, 0.29) is 11.7 Å². The summed E-state index contributed by atoms with van der Waals surface area (Å²) in [6, 6.07) is 2.97. The number of amides is 1. The fourth-order valence-electron chi connectivity index (χ4n) is 1.94. The van der Waals surface area contributed by atoms with E-state index in [4.69, 9.17) is 4.74 Å². The van der Waals surface area contributed by atoms with E-state index in [1.165, 1.54) is 6.07 Å². The largest absolute Gasteiger partial charge is 0.368 e. The van der Waals surface area contributed by atoms with Gasteiger partial charge in [-0.1, -0.05) is 0 Å². The number of hydrogen-bond donors (Lipinski definition) is 1. The molecule has 1 N–H and O–H groups in total. The Labute approximate surface area is 114 Å². The number of ether oxygens (including phenoxy) is 1. The predicted molar refractivity (Wildman–Crippen MR) is 71.1 cm³/mol. The van der Waals surface area contributed by atoms with Gasteiger partial charge in [0.2, 0.25) is 0 Å². The van der Waals surface area contributed by atoms with Crippen LogP contribution in [0.3, 0.4) is 0 Å². The Morgan fingerprint density at radius 2 is 2.28 bits per heavy atom. The van der Waals surface area contributed by atoms with Gasteiger partial charge in [-0.3, -0.25) is 4.79 Å². The lowest BCUT2D eigenvalue weighted by Gasteiger charge is -2.22. The summed E-state index contributed by atoms with van der Waals surface area (Å²) < 4.78 is 19.2. The second-order valence-corrected chi connectivity index (χ2v) is 5.28. The third kappa shape index (κ3) is 3.09. The highest BCUT2D eigenvalue weighted by molar-refractivity contribution is 9.10.